The summed E-state index contributed by atoms with van der Waals surface area (Å²) < 4.78 is 0. The molecule has 0 spiro atoms. The molecule has 4 fully saturated rings. The molecule has 4 aliphatic heterocycles. The summed E-state index contributed by atoms with van der Waals surface area (Å²) in [7, 11) is 4.52. The molecule has 0 saturated carbocycles. The molecule has 4 unspecified atom stereocenters. The summed E-state index contributed by atoms with van der Waals surface area (Å²) >= 11 is 0. The summed E-state index contributed by atoms with van der Waals surface area (Å²) in [6, 6.07) is 0.847. The van der Waals surface area contributed by atoms with Crippen LogP contribution in [0.5, 0.6) is 0 Å². The number of likely N-dealkylation sites (N-methyl/N-ethyl adjacent to an activating group) is 1. The fourth-order valence-corrected chi connectivity index (χ4v) is 5.50. The van der Waals surface area contributed by atoms with Crippen molar-refractivity contribution in [3.8, 4) is 0 Å². The quantitative estimate of drug-likeness (QED) is 0.639. The van der Waals surface area contributed by atoms with E-state index >= 15 is 0 Å². The van der Waals surface area contributed by atoms with Crippen LogP contribution in [0.1, 0.15) is 55.4 Å². The van der Waals surface area contributed by atoms with E-state index in [1.807, 2.05) is 0 Å². The number of fused-ring (bicyclic) bond motifs is 2. The molecular weight excluding hydrogens is 332 g/mol. The van der Waals surface area contributed by atoms with Gasteiger partial charge in [-0.25, -0.2) is 0 Å². The van der Waals surface area contributed by atoms with E-state index in [2.05, 4.69) is 75.2 Å². The van der Waals surface area contributed by atoms with E-state index in [0.717, 1.165) is 23.8 Å². The molecular formula is C23H48N4. The topological polar surface area (TPSA) is 13.0 Å². The lowest BCUT2D eigenvalue weighted by Crippen LogP contribution is -2.42. The highest BCUT2D eigenvalue weighted by Crippen LogP contribution is 2.34. The predicted octanol–water partition coefficient (Wildman–Crippen LogP) is 3.34. The standard InChI is InChI=1S/2C11H22N2.CH4/c1-11(2,3)13-7-9-5-12(4)6-10(9)8-13;1-11(2,3)13-7-9-5-6-12(4)10(9)8-13;/h2*9-10H,5-8H2,1-4H3;1H4. The van der Waals surface area contributed by atoms with Crippen molar-refractivity contribution in [3.63, 3.8) is 0 Å². The van der Waals surface area contributed by atoms with Gasteiger partial charge in [-0.2, -0.15) is 0 Å². The fraction of sp³-hybridized carbons (Fsp3) is 1.00. The van der Waals surface area contributed by atoms with Crippen molar-refractivity contribution < 1.29 is 0 Å². The van der Waals surface area contributed by atoms with Gasteiger partial charge in [-0.15, -0.1) is 0 Å². The van der Waals surface area contributed by atoms with E-state index in [-0.39, 0.29) is 7.43 Å². The van der Waals surface area contributed by atoms with Gasteiger partial charge >= 0.3 is 0 Å². The zero-order chi connectivity index (χ0) is 19.3. The molecule has 4 heteroatoms. The minimum absolute atomic E-state index is 0. The second kappa shape index (κ2) is 8.30. The highest BCUT2D eigenvalue weighted by atomic mass is 15.3. The molecule has 0 radical (unpaired) electrons. The zero-order valence-electron chi connectivity index (χ0n) is 18.8. The first kappa shape index (κ1) is 23.1. The predicted molar refractivity (Wildman–Crippen MR) is 118 cm³/mol. The lowest BCUT2D eigenvalue weighted by atomic mass is 10.0. The summed E-state index contributed by atoms with van der Waals surface area (Å²) in [5, 5.41) is 0. The molecule has 4 saturated heterocycles. The van der Waals surface area contributed by atoms with Crippen molar-refractivity contribution in [1.82, 2.24) is 19.6 Å². The van der Waals surface area contributed by atoms with E-state index in [1.165, 1.54) is 52.2 Å². The molecule has 0 aromatic rings. The van der Waals surface area contributed by atoms with Crippen LogP contribution in [0.25, 0.3) is 0 Å². The lowest BCUT2D eigenvalue weighted by Gasteiger charge is -2.33. The Bertz CT molecular complexity index is 464. The average Bonchev–Trinajstić information content (AvgIpc) is 3.18. The third-order valence-corrected chi connectivity index (χ3v) is 7.39. The third-order valence-electron chi connectivity index (χ3n) is 7.39. The van der Waals surface area contributed by atoms with Crippen LogP contribution in [0.3, 0.4) is 0 Å². The largest absolute Gasteiger partial charge is 0.306 e. The van der Waals surface area contributed by atoms with E-state index in [9.17, 15) is 0 Å². The summed E-state index contributed by atoms with van der Waals surface area (Å²) in [4.78, 5) is 10.3. The molecule has 0 aromatic carbocycles. The van der Waals surface area contributed by atoms with Gasteiger partial charge in [-0.1, -0.05) is 7.43 Å². The summed E-state index contributed by atoms with van der Waals surface area (Å²) in [5.41, 5.74) is 0.744. The van der Waals surface area contributed by atoms with Crippen molar-refractivity contribution in [3.05, 3.63) is 0 Å². The molecule has 0 bridgehead atoms. The van der Waals surface area contributed by atoms with Crippen LogP contribution in [0.15, 0.2) is 0 Å². The number of rotatable bonds is 0. The van der Waals surface area contributed by atoms with E-state index in [0.29, 0.717) is 11.1 Å². The molecule has 160 valence electrons. The lowest BCUT2D eigenvalue weighted by molar-refractivity contribution is 0.151. The Labute approximate surface area is 170 Å². The molecule has 0 aromatic heterocycles. The first-order valence-electron chi connectivity index (χ1n) is 10.8. The van der Waals surface area contributed by atoms with E-state index < -0.39 is 0 Å². The Morgan fingerprint density at radius 3 is 1.52 bits per heavy atom. The van der Waals surface area contributed by atoms with Gasteiger partial charge in [0.05, 0.1) is 0 Å². The Balaban J connectivity index is 0.000000187. The Hall–Kier alpha value is -0.160. The summed E-state index contributed by atoms with van der Waals surface area (Å²) in [6.45, 7) is 23.2. The minimum atomic E-state index is 0. The normalized spacial score (nSPS) is 35.6. The van der Waals surface area contributed by atoms with Crippen molar-refractivity contribution in [2.75, 3.05) is 59.9 Å². The summed E-state index contributed by atoms with van der Waals surface area (Å²) in [6.07, 6.45) is 1.41. The number of hydrogen-bond donors (Lipinski definition) is 0. The van der Waals surface area contributed by atoms with Crippen molar-refractivity contribution in [2.45, 2.75) is 72.5 Å². The van der Waals surface area contributed by atoms with Crippen LogP contribution in [-0.2, 0) is 0 Å². The zero-order valence-corrected chi connectivity index (χ0v) is 18.8. The van der Waals surface area contributed by atoms with E-state index in [1.54, 1.807) is 0 Å². The van der Waals surface area contributed by atoms with E-state index in [4.69, 9.17) is 0 Å². The van der Waals surface area contributed by atoms with Crippen molar-refractivity contribution in [2.24, 2.45) is 17.8 Å². The monoisotopic (exact) mass is 380 g/mol. The summed E-state index contributed by atoms with van der Waals surface area (Å²) in [5.74, 6) is 2.85. The number of nitrogens with zero attached hydrogens (tertiary/aromatic N) is 4. The highest BCUT2D eigenvalue weighted by Gasteiger charge is 2.43. The maximum atomic E-state index is 2.65. The van der Waals surface area contributed by atoms with Crippen LogP contribution >= 0.6 is 0 Å². The van der Waals surface area contributed by atoms with Gasteiger partial charge < -0.3 is 9.80 Å². The van der Waals surface area contributed by atoms with Gasteiger partial charge in [0, 0.05) is 56.4 Å². The highest BCUT2D eigenvalue weighted by molar-refractivity contribution is 4.98. The van der Waals surface area contributed by atoms with Gasteiger partial charge in [0.15, 0.2) is 0 Å². The van der Waals surface area contributed by atoms with Gasteiger partial charge in [-0.05, 0) is 86.4 Å². The molecule has 27 heavy (non-hydrogen) atoms. The van der Waals surface area contributed by atoms with Gasteiger partial charge in [0.2, 0.25) is 0 Å². The molecule has 4 rings (SSSR count). The number of hydrogen-bond acceptors (Lipinski definition) is 4. The SMILES string of the molecule is C.CN1CC2CN(C(C)(C)C)CC2C1.CN1CCC2CN(C(C)(C)C)CC21. The smallest absolute Gasteiger partial charge is 0.0261 e. The molecule has 4 heterocycles. The second-order valence-electron chi connectivity index (χ2n) is 11.5. The molecule has 0 aliphatic carbocycles. The van der Waals surface area contributed by atoms with Crippen LogP contribution in [0.2, 0.25) is 0 Å². The fourth-order valence-electron chi connectivity index (χ4n) is 5.50. The Kier molecular flexibility index (Phi) is 7.10. The molecule has 4 atom stereocenters. The molecule has 4 nitrogen and oxygen atoms in total. The Morgan fingerprint density at radius 1 is 0.630 bits per heavy atom. The first-order chi connectivity index (χ1) is 11.9. The van der Waals surface area contributed by atoms with Gasteiger partial charge in [0.1, 0.15) is 0 Å². The Morgan fingerprint density at radius 2 is 1.07 bits per heavy atom. The first-order valence-corrected chi connectivity index (χ1v) is 10.8. The van der Waals surface area contributed by atoms with Crippen LogP contribution in [-0.4, -0.2) is 96.6 Å². The van der Waals surface area contributed by atoms with Crippen LogP contribution < -0.4 is 0 Å². The molecule has 0 N–H and O–H groups in total. The minimum Gasteiger partial charge on any atom is -0.306 e. The van der Waals surface area contributed by atoms with Crippen molar-refractivity contribution in [1.29, 1.82) is 0 Å². The van der Waals surface area contributed by atoms with Crippen LogP contribution in [0, 0.1) is 17.8 Å². The maximum absolute atomic E-state index is 2.65. The van der Waals surface area contributed by atoms with Gasteiger partial charge in [0.25, 0.3) is 0 Å². The maximum Gasteiger partial charge on any atom is 0.0261 e. The second-order valence-corrected chi connectivity index (χ2v) is 11.5. The van der Waals surface area contributed by atoms with Crippen molar-refractivity contribution >= 4 is 0 Å². The number of likely N-dealkylation sites (tertiary alicyclic amines) is 4. The average molecular weight is 381 g/mol. The third kappa shape index (κ3) is 5.26. The molecule has 0 amide bonds. The van der Waals surface area contributed by atoms with Gasteiger partial charge in [-0.3, -0.25) is 9.80 Å². The van der Waals surface area contributed by atoms with Crippen LogP contribution in [0.4, 0.5) is 0 Å². The molecule has 4 aliphatic rings.